The fraction of sp³-hybridized carbons (Fsp3) is 0.385. The van der Waals surface area contributed by atoms with Crippen LogP contribution >= 0.6 is 0 Å². The van der Waals surface area contributed by atoms with Gasteiger partial charge in [0.15, 0.2) is 18.2 Å². The van der Waals surface area contributed by atoms with Crippen LogP contribution in [-0.2, 0) is 22.8 Å². The van der Waals surface area contributed by atoms with Crippen molar-refractivity contribution in [1.29, 1.82) is 0 Å². The van der Waals surface area contributed by atoms with E-state index >= 15 is 0 Å². The van der Waals surface area contributed by atoms with E-state index in [4.69, 9.17) is 14.2 Å². The van der Waals surface area contributed by atoms with E-state index in [1.807, 2.05) is 45.2 Å². The Morgan fingerprint density at radius 3 is 2.72 bits per heavy atom. The van der Waals surface area contributed by atoms with Crippen molar-refractivity contribution in [1.82, 2.24) is 34.9 Å². The summed E-state index contributed by atoms with van der Waals surface area (Å²) >= 11 is 0. The smallest absolute Gasteiger partial charge is 0.313 e. The minimum absolute atomic E-state index is 0.0515. The quantitative estimate of drug-likeness (QED) is 0.324. The Kier molecular flexibility index (Phi) is 6.25. The third kappa shape index (κ3) is 5.33. The molecule has 0 spiro atoms. The molecular weight excluding hydrogens is 502 g/mol. The minimum atomic E-state index is -0.556. The second-order valence-electron chi connectivity index (χ2n) is 10.6. The fourth-order valence-electron chi connectivity index (χ4n) is 4.15. The highest BCUT2D eigenvalue weighted by atomic mass is 16.7. The summed E-state index contributed by atoms with van der Waals surface area (Å²) in [5.74, 6) is 2.76. The van der Waals surface area contributed by atoms with Crippen LogP contribution < -0.4 is 19.7 Å². The Labute approximate surface area is 224 Å². The number of carbonyl (C=O) groups excluding carboxylic acids is 1. The van der Waals surface area contributed by atoms with Gasteiger partial charge in [-0.3, -0.25) is 4.79 Å². The molecule has 1 saturated heterocycles. The number of nitrogens with zero attached hydrogens (tertiary/aromatic N) is 7. The molecule has 2 aliphatic heterocycles. The SMILES string of the molecule is CC(C)(C)C(=O)OCn1cc(C2CN(c3ncc(-c4cnc(NCc5ccc6c(c5)OCO6)nc4)[nH]3)C2)nn1. The third-order valence-electron chi connectivity index (χ3n) is 6.51. The lowest BCUT2D eigenvalue weighted by Crippen LogP contribution is -2.45. The van der Waals surface area contributed by atoms with Crippen molar-refractivity contribution in [3.63, 3.8) is 0 Å². The summed E-state index contributed by atoms with van der Waals surface area (Å²) in [6, 6.07) is 5.83. The fourth-order valence-corrected chi connectivity index (χ4v) is 4.15. The molecule has 39 heavy (non-hydrogen) atoms. The van der Waals surface area contributed by atoms with Crippen LogP contribution in [0.25, 0.3) is 11.3 Å². The third-order valence-corrected chi connectivity index (χ3v) is 6.51. The second kappa shape index (κ2) is 9.89. The lowest BCUT2D eigenvalue weighted by atomic mass is 9.97. The number of fused-ring (bicyclic) bond motifs is 1. The maximum Gasteiger partial charge on any atom is 0.313 e. The predicted octanol–water partition coefficient (Wildman–Crippen LogP) is 2.95. The molecule has 0 aliphatic carbocycles. The summed E-state index contributed by atoms with van der Waals surface area (Å²) in [6.45, 7) is 7.83. The summed E-state index contributed by atoms with van der Waals surface area (Å²) in [4.78, 5) is 30.8. The molecule has 202 valence electrons. The number of rotatable bonds is 8. The molecule has 2 N–H and O–H groups in total. The first-order valence-corrected chi connectivity index (χ1v) is 12.6. The van der Waals surface area contributed by atoms with Crippen molar-refractivity contribution in [2.24, 2.45) is 5.41 Å². The number of imidazole rings is 1. The Bertz CT molecular complexity index is 1470. The van der Waals surface area contributed by atoms with Crippen molar-refractivity contribution >= 4 is 17.9 Å². The number of esters is 1. The highest BCUT2D eigenvalue weighted by molar-refractivity contribution is 5.75. The van der Waals surface area contributed by atoms with Crippen LogP contribution in [0.4, 0.5) is 11.9 Å². The van der Waals surface area contributed by atoms with E-state index in [0.29, 0.717) is 12.5 Å². The number of aromatic nitrogens is 7. The minimum Gasteiger partial charge on any atom is -0.454 e. The standard InChI is InChI=1S/C26H29N9O4/c1-26(2,3)23(36)37-14-35-13-20(32-33-35)18-11-34(12-18)25-30-10-19(31-25)17-8-28-24(29-9-17)27-7-16-4-5-21-22(6-16)39-15-38-21/h4-6,8-10,13,18H,7,11-12,14-15H2,1-3H3,(H,30,31)(H,27,28,29). The van der Waals surface area contributed by atoms with Crippen LogP contribution in [0.1, 0.15) is 37.9 Å². The first-order valence-electron chi connectivity index (χ1n) is 12.6. The van der Waals surface area contributed by atoms with Gasteiger partial charge >= 0.3 is 5.97 Å². The average Bonchev–Trinajstić information content (AvgIpc) is 3.66. The molecule has 5 heterocycles. The number of nitrogens with one attached hydrogen (secondary N) is 2. The van der Waals surface area contributed by atoms with Gasteiger partial charge in [-0.05, 0) is 38.5 Å². The zero-order valence-electron chi connectivity index (χ0n) is 21.9. The molecule has 1 aromatic carbocycles. The van der Waals surface area contributed by atoms with Gasteiger partial charge in [-0.1, -0.05) is 11.3 Å². The molecule has 2 aliphatic rings. The summed E-state index contributed by atoms with van der Waals surface area (Å²) < 4.78 is 17.6. The molecule has 0 amide bonds. The van der Waals surface area contributed by atoms with Gasteiger partial charge in [0.2, 0.25) is 18.7 Å². The highest BCUT2D eigenvalue weighted by Crippen LogP contribution is 2.33. The number of ether oxygens (including phenoxy) is 3. The Morgan fingerprint density at radius 2 is 1.92 bits per heavy atom. The first kappa shape index (κ1) is 24.6. The number of H-pyrrole nitrogens is 1. The van der Waals surface area contributed by atoms with Gasteiger partial charge < -0.3 is 29.4 Å². The number of hydrogen-bond donors (Lipinski definition) is 2. The second-order valence-corrected chi connectivity index (χ2v) is 10.6. The molecule has 4 aromatic rings. The average molecular weight is 532 g/mol. The molecule has 0 atom stereocenters. The van der Waals surface area contributed by atoms with Crippen LogP contribution in [0, 0.1) is 5.41 Å². The van der Waals surface area contributed by atoms with Crippen molar-refractivity contribution in [3.05, 3.63) is 54.2 Å². The number of carbonyl (C=O) groups is 1. The molecule has 13 heteroatoms. The van der Waals surface area contributed by atoms with Gasteiger partial charge in [0.05, 0.1) is 29.2 Å². The largest absolute Gasteiger partial charge is 0.454 e. The number of anilines is 2. The summed E-state index contributed by atoms with van der Waals surface area (Å²) in [5, 5.41) is 11.6. The van der Waals surface area contributed by atoms with Crippen molar-refractivity contribution in [2.75, 3.05) is 30.1 Å². The highest BCUT2D eigenvalue weighted by Gasteiger charge is 2.32. The maximum atomic E-state index is 12.0. The Hall–Kier alpha value is -4.68. The van der Waals surface area contributed by atoms with E-state index in [1.54, 1.807) is 23.3 Å². The Morgan fingerprint density at radius 1 is 1.13 bits per heavy atom. The van der Waals surface area contributed by atoms with Crippen LogP contribution in [0.3, 0.4) is 0 Å². The summed E-state index contributed by atoms with van der Waals surface area (Å²) in [5.41, 5.74) is 3.03. The molecular formula is C26H29N9O4. The van der Waals surface area contributed by atoms with E-state index < -0.39 is 5.41 Å². The van der Waals surface area contributed by atoms with Gasteiger partial charge in [0.1, 0.15) is 0 Å². The van der Waals surface area contributed by atoms with Gasteiger partial charge in [-0.2, -0.15) is 0 Å². The normalized spacial score (nSPS) is 14.8. The van der Waals surface area contributed by atoms with Crippen molar-refractivity contribution in [3.8, 4) is 22.8 Å². The predicted molar refractivity (Wildman–Crippen MR) is 140 cm³/mol. The summed E-state index contributed by atoms with van der Waals surface area (Å²) in [7, 11) is 0. The van der Waals surface area contributed by atoms with Crippen LogP contribution in [0.5, 0.6) is 11.5 Å². The monoisotopic (exact) mass is 531 g/mol. The van der Waals surface area contributed by atoms with E-state index in [9.17, 15) is 4.79 Å². The summed E-state index contributed by atoms with van der Waals surface area (Å²) in [6.07, 6.45) is 7.12. The van der Waals surface area contributed by atoms with Crippen LogP contribution in [0.2, 0.25) is 0 Å². The van der Waals surface area contributed by atoms with Gasteiger partial charge in [-0.15, -0.1) is 5.10 Å². The molecule has 6 rings (SSSR count). The van der Waals surface area contributed by atoms with Gasteiger partial charge in [0.25, 0.3) is 0 Å². The zero-order valence-corrected chi connectivity index (χ0v) is 21.9. The van der Waals surface area contributed by atoms with Crippen LogP contribution in [-0.4, -0.2) is 60.8 Å². The van der Waals surface area contributed by atoms with E-state index in [1.165, 1.54) is 0 Å². The lowest BCUT2D eigenvalue weighted by Gasteiger charge is -2.37. The van der Waals surface area contributed by atoms with Gasteiger partial charge in [-0.25, -0.2) is 19.6 Å². The van der Waals surface area contributed by atoms with Crippen molar-refractivity contribution in [2.45, 2.75) is 40.0 Å². The number of hydrogen-bond acceptors (Lipinski definition) is 11. The maximum absolute atomic E-state index is 12.0. The molecule has 13 nitrogen and oxygen atoms in total. The van der Waals surface area contributed by atoms with E-state index in [-0.39, 0.29) is 25.4 Å². The molecule has 3 aromatic heterocycles. The topological polar surface area (TPSA) is 145 Å². The van der Waals surface area contributed by atoms with E-state index in [2.05, 4.69) is 40.5 Å². The number of benzene rings is 1. The zero-order chi connectivity index (χ0) is 27.0. The number of aromatic amines is 1. The van der Waals surface area contributed by atoms with Gasteiger partial charge in [0, 0.05) is 43.5 Å². The lowest BCUT2D eigenvalue weighted by molar-refractivity contribution is -0.157. The first-order chi connectivity index (χ1) is 18.8. The molecule has 1 fully saturated rings. The molecule has 0 radical (unpaired) electrons. The van der Waals surface area contributed by atoms with Crippen molar-refractivity contribution < 1.29 is 19.0 Å². The molecule has 0 saturated carbocycles. The molecule has 0 bridgehead atoms. The van der Waals surface area contributed by atoms with Crippen LogP contribution in [0.15, 0.2) is 43.0 Å². The van der Waals surface area contributed by atoms with E-state index in [0.717, 1.165) is 53.1 Å². The Balaban J connectivity index is 0.996. The molecule has 0 unspecified atom stereocenters.